The lowest BCUT2D eigenvalue weighted by Gasteiger charge is -2.34. The lowest BCUT2D eigenvalue weighted by molar-refractivity contribution is 0.101. The molecule has 3 N–H and O–H groups in total. The van der Waals surface area contributed by atoms with Crippen molar-refractivity contribution in [1.29, 1.82) is 0 Å². The van der Waals surface area contributed by atoms with E-state index >= 15 is 0 Å². The summed E-state index contributed by atoms with van der Waals surface area (Å²) < 4.78 is 56.8. The number of carbonyl (C=O) groups excluding carboxylic acids is 2. The van der Waals surface area contributed by atoms with Crippen LogP contribution in [0.25, 0.3) is 0 Å². The number of aryl methyl sites for hydroxylation is 1. The van der Waals surface area contributed by atoms with Gasteiger partial charge >= 0.3 is 0 Å². The highest BCUT2D eigenvalue weighted by atomic mass is 32.2. The van der Waals surface area contributed by atoms with Crippen molar-refractivity contribution in [3.63, 3.8) is 0 Å². The molecule has 0 radical (unpaired) electrons. The number of hydrogen-bond acceptors (Lipinski definition) is 8. The zero-order chi connectivity index (χ0) is 31.9. The van der Waals surface area contributed by atoms with Crippen LogP contribution in [0.1, 0.15) is 32.2 Å². The second kappa shape index (κ2) is 12.0. The summed E-state index contributed by atoms with van der Waals surface area (Å²) >= 11 is 0. The third-order valence-electron chi connectivity index (χ3n) is 7.99. The Bertz CT molecular complexity index is 1860. The van der Waals surface area contributed by atoms with Crippen LogP contribution in [-0.2, 0) is 30.0 Å². The summed E-state index contributed by atoms with van der Waals surface area (Å²) in [4.78, 5) is 34.8. The van der Waals surface area contributed by atoms with Gasteiger partial charge in [0, 0.05) is 88.1 Å². The minimum atomic E-state index is -4.25. The van der Waals surface area contributed by atoms with Crippen molar-refractivity contribution in [2.45, 2.75) is 17.9 Å². The summed E-state index contributed by atoms with van der Waals surface area (Å²) in [5.74, 6) is -2.84. The summed E-state index contributed by atoms with van der Waals surface area (Å²) in [6, 6.07) is 7.29. The Kier molecular flexibility index (Phi) is 8.11. The first-order chi connectivity index (χ1) is 21.5. The van der Waals surface area contributed by atoms with Gasteiger partial charge in [0.1, 0.15) is 11.6 Å². The number of rotatable bonds is 7. The van der Waals surface area contributed by atoms with Crippen LogP contribution in [-0.4, -0.2) is 89.0 Å². The Morgan fingerprint density at radius 2 is 1.67 bits per heavy atom. The van der Waals surface area contributed by atoms with Crippen molar-refractivity contribution >= 4 is 39.0 Å². The van der Waals surface area contributed by atoms with Gasteiger partial charge in [0.05, 0.1) is 16.1 Å². The number of piperazine rings is 1. The third kappa shape index (κ3) is 6.16. The molecule has 0 spiro atoms. The lowest BCUT2D eigenvalue weighted by atomic mass is 10.1. The average Bonchev–Trinajstić information content (AvgIpc) is 3.62. The van der Waals surface area contributed by atoms with Crippen LogP contribution >= 0.6 is 0 Å². The van der Waals surface area contributed by atoms with Crippen LogP contribution in [0.4, 0.5) is 26.0 Å². The fraction of sp³-hybridized carbons (Fsp3) is 0.310. The minimum absolute atomic E-state index is 0.0418. The minimum Gasteiger partial charge on any atom is -0.369 e. The fourth-order valence-corrected chi connectivity index (χ4v) is 6.89. The van der Waals surface area contributed by atoms with Crippen molar-refractivity contribution in [3.8, 4) is 0 Å². The number of nitrogens with one attached hydrogen (secondary N) is 3. The predicted molar refractivity (Wildman–Crippen MR) is 162 cm³/mol. The maximum absolute atomic E-state index is 13.8. The molecule has 4 aromatic rings. The van der Waals surface area contributed by atoms with Crippen LogP contribution < -0.4 is 15.5 Å². The predicted octanol–water partition coefficient (Wildman–Crippen LogP) is 2.42. The summed E-state index contributed by atoms with van der Waals surface area (Å²) in [6.45, 7) is 3.13. The van der Waals surface area contributed by atoms with E-state index in [1.807, 2.05) is 13.1 Å². The molecule has 45 heavy (non-hydrogen) atoms. The van der Waals surface area contributed by atoms with Gasteiger partial charge in [-0.25, -0.2) is 22.2 Å². The van der Waals surface area contributed by atoms with Crippen LogP contribution in [0.15, 0.2) is 53.7 Å². The molecule has 1 saturated heterocycles. The molecular weight excluding hydrogens is 608 g/mol. The van der Waals surface area contributed by atoms with Crippen LogP contribution in [0, 0.1) is 11.6 Å². The van der Waals surface area contributed by atoms with Gasteiger partial charge in [0.25, 0.3) is 11.8 Å². The zero-order valence-electron chi connectivity index (χ0n) is 24.5. The number of carbonyl (C=O) groups is 2. The van der Waals surface area contributed by atoms with E-state index in [0.29, 0.717) is 17.3 Å². The number of nitrogens with zero attached hydrogens (tertiary/aromatic N) is 6. The van der Waals surface area contributed by atoms with Gasteiger partial charge in [-0.2, -0.15) is 9.40 Å². The molecule has 2 amide bonds. The number of hydrogen-bond donors (Lipinski definition) is 3. The first kappa shape index (κ1) is 30.4. The molecule has 0 saturated carbocycles. The number of likely N-dealkylation sites (N-methyl/N-ethyl adjacent to an activating group) is 1. The van der Waals surface area contributed by atoms with E-state index < -0.39 is 38.4 Å². The van der Waals surface area contributed by atoms with Crippen molar-refractivity contribution in [2.24, 2.45) is 7.05 Å². The quantitative estimate of drug-likeness (QED) is 0.279. The molecule has 13 nitrogen and oxygen atoms in total. The molecule has 1 fully saturated rings. The van der Waals surface area contributed by atoms with E-state index in [1.54, 1.807) is 29.9 Å². The average molecular weight is 640 g/mol. The lowest BCUT2D eigenvalue weighted by Crippen LogP contribution is -2.44. The molecular formula is C29H31F2N9O4S. The topological polar surface area (TPSA) is 149 Å². The molecule has 236 valence electrons. The molecule has 0 aliphatic carbocycles. The number of aromatic amines is 1. The summed E-state index contributed by atoms with van der Waals surface area (Å²) in [5, 5.41) is 12.6. The normalized spacial score (nSPS) is 16.0. The van der Waals surface area contributed by atoms with E-state index in [9.17, 15) is 26.8 Å². The Labute approximate surface area is 257 Å². The number of amides is 2. The fourth-order valence-electron chi connectivity index (χ4n) is 5.44. The number of aromatic nitrogens is 4. The highest BCUT2D eigenvalue weighted by Gasteiger charge is 2.32. The van der Waals surface area contributed by atoms with Crippen molar-refractivity contribution in [3.05, 3.63) is 83.1 Å². The Morgan fingerprint density at radius 1 is 0.933 bits per heavy atom. The van der Waals surface area contributed by atoms with Crippen molar-refractivity contribution in [2.75, 3.05) is 55.3 Å². The number of anilines is 3. The number of halogens is 2. The Hall–Kier alpha value is -4.67. The van der Waals surface area contributed by atoms with Crippen molar-refractivity contribution in [1.82, 2.24) is 29.0 Å². The third-order valence-corrected chi connectivity index (χ3v) is 9.82. The molecule has 0 unspecified atom stereocenters. The summed E-state index contributed by atoms with van der Waals surface area (Å²) in [5.41, 5.74) is 2.29. The maximum atomic E-state index is 13.8. The highest BCUT2D eigenvalue weighted by molar-refractivity contribution is 7.89. The van der Waals surface area contributed by atoms with Gasteiger partial charge in [-0.3, -0.25) is 14.7 Å². The molecule has 16 heteroatoms. The highest BCUT2D eigenvalue weighted by Crippen LogP contribution is 2.31. The number of H-pyrrole nitrogens is 1. The van der Waals surface area contributed by atoms with E-state index in [2.05, 4.69) is 35.6 Å². The van der Waals surface area contributed by atoms with Gasteiger partial charge in [-0.05, 0) is 37.4 Å². The van der Waals surface area contributed by atoms with E-state index in [-0.39, 0.29) is 42.4 Å². The second-order valence-corrected chi connectivity index (χ2v) is 13.0. The van der Waals surface area contributed by atoms with Gasteiger partial charge in [-0.1, -0.05) is 0 Å². The molecule has 4 heterocycles. The van der Waals surface area contributed by atoms with Gasteiger partial charge in [0.15, 0.2) is 11.6 Å². The molecule has 0 bridgehead atoms. The Morgan fingerprint density at radius 3 is 2.36 bits per heavy atom. The molecule has 6 rings (SSSR count). The number of imidazole rings is 1. The molecule has 2 aromatic heterocycles. The maximum Gasteiger partial charge on any atom is 0.291 e. The first-order valence-corrected chi connectivity index (χ1v) is 15.6. The number of sulfonamides is 1. The summed E-state index contributed by atoms with van der Waals surface area (Å²) in [7, 11) is -0.519. The van der Waals surface area contributed by atoms with Gasteiger partial charge in [0.2, 0.25) is 10.0 Å². The van der Waals surface area contributed by atoms with Gasteiger partial charge < -0.3 is 25.0 Å². The molecule has 0 atom stereocenters. The Balaban J connectivity index is 1.27. The van der Waals surface area contributed by atoms with E-state index in [0.717, 1.165) is 48.3 Å². The molecule has 2 aliphatic rings. The van der Waals surface area contributed by atoms with Crippen LogP contribution in [0.3, 0.4) is 0 Å². The standard InChI is InChI=1S/C29H31F2N9O4S/c1-37-9-11-39(12-10-37)20-3-4-22(25(16-20)33-29(42)27-32-6-8-38(27)2)28(41)34-26-23-17-40(7-5-24(23)35-36-26)45(43,44)21-14-18(30)13-19(31)15-21/h3-4,6,8,13-16H,5,7,9-12,17H2,1-2H3,(H,33,42)(H2,34,35,36,41). The van der Waals surface area contributed by atoms with Crippen LogP contribution in [0.2, 0.25) is 0 Å². The largest absolute Gasteiger partial charge is 0.369 e. The van der Waals surface area contributed by atoms with Crippen molar-refractivity contribution < 1.29 is 26.8 Å². The van der Waals surface area contributed by atoms with E-state index in [4.69, 9.17) is 0 Å². The number of fused-ring (bicyclic) bond motifs is 1. The van der Waals surface area contributed by atoms with Gasteiger partial charge in [-0.15, -0.1) is 0 Å². The molecule has 2 aliphatic heterocycles. The SMILES string of the molecule is CN1CCN(c2ccc(C(=O)Nc3n[nH]c4c3CN(S(=O)(=O)c3cc(F)cc(F)c3)CC4)c(NC(=O)c3nccn3C)c2)CC1. The second-order valence-electron chi connectivity index (χ2n) is 11.0. The number of benzene rings is 2. The monoisotopic (exact) mass is 639 g/mol. The van der Waals surface area contributed by atoms with Crippen LogP contribution in [0.5, 0.6) is 0 Å². The summed E-state index contributed by atoms with van der Waals surface area (Å²) in [6.07, 6.45) is 3.37. The van der Waals surface area contributed by atoms with E-state index in [1.165, 1.54) is 6.20 Å². The smallest absolute Gasteiger partial charge is 0.291 e. The zero-order valence-corrected chi connectivity index (χ0v) is 25.4. The molecule has 2 aromatic carbocycles. The first-order valence-electron chi connectivity index (χ1n) is 14.2.